The zero-order valence-electron chi connectivity index (χ0n) is 13.4. The normalized spacial score (nSPS) is 17.3. The molecule has 0 radical (unpaired) electrons. The molecule has 122 valence electrons. The topological polar surface area (TPSA) is 71.1 Å². The number of nitrogens with one attached hydrogen (secondary N) is 1. The maximum atomic E-state index is 12.6. The second kappa shape index (κ2) is 7.37. The number of rotatable bonds is 6. The largest absolute Gasteiger partial charge is 0.376 e. The highest BCUT2D eigenvalue weighted by Crippen LogP contribution is 2.15. The predicted octanol–water partition coefficient (Wildman–Crippen LogP) is 1.98. The van der Waals surface area contributed by atoms with Crippen LogP contribution in [0.5, 0.6) is 0 Å². The Balaban J connectivity index is 1.66. The minimum atomic E-state index is -0.0960. The van der Waals surface area contributed by atoms with E-state index in [1.54, 1.807) is 0 Å². The first-order valence-corrected chi connectivity index (χ1v) is 8.04. The number of ether oxygens (including phenoxy) is 1. The van der Waals surface area contributed by atoms with Crippen LogP contribution in [0.25, 0.3) is 0 Å². The Kier molecular flexibility index (Phi) is 5.02. The van der Waals surface area contributed by atoms with Crippen molar-refractivity contribution < 1.29 is 9.53 Å². The third-order valence-corrected chi connectivity index (χ3v) is 4.16. The molecule has 0 aliphatic carbocycles. The van der Waals surface area contributed by atoms with E-state index < -0.39 is 0 Å². The van der Waals surface area contributed by atoms with Gasteiger partial charge in [-0.25, -0.2) is 0 Å². The quantitative estimate of drug-likeness (QED) is 0.885. The van der Waals surface area contributed by atoms with Crippen LogP contribution in [0.15, 0.2) is 30.5 Å². The lowest BCUT2D eigenvalue weighted by molar-refractivity contribution is 0.0524. The highest BCUT2D eigenvalue weighted by molar-refractivity contribution is 5.91. The number of hydrogen-bond donors (Lipinski definition) is 1. The van der Waals surface area contributed by atoms with Gasteiger partial charge in [-0.05, 0) is 31.7 Å². The van der Waals surface area contributed by atoms with E-state index in [-0.39, 0.29) is 12.0 Å². The molecule has 1 aliphatic heterocycles. The summed E-state index contributed by atoms with van der Waals surface area (Å²) < 4.78 is 5.68. The number of carbonyl (C=O) groups excluding carboxylic acids is 1. The zero-order chi connectivity index (χ0) is 16.1. The van der Waals surface area contributed by atoms with Gasteiger partial charge in [-0.15, -0.1) is 0 Å². The third kappa shape index (κ3) is 4.16. The molecule has 0 bridgehead atoms. The molecule has 6 nitrogen and oxygen atoms in total. The number of H-pyrrole nitrogens is 1. The van der Waals surface area contributed by atoms with Crippen molar-refractivity contribution in [2.75, 3.05) is 19.7 Å². The van der Waals surface area contributed by atoms with Gasteiger partial charge in [-0.1, -0.05) is 29.8 Å². The molecule has 2 heterocycles. The molecule has 1 aromatic carbocycles. The minimum absolute atomic E-state index is 0.0960. The van der Waals surface area contributed by atoms with Gasteiger partial charge >= 0.3 is 0 Å². The molecule has 1 aliphatic rings. The summed E-state index contributed by atoms with van der Waals surface area (Å²) in [7, 11) is 0. The van der Waals surface area contributed by atoms with Crippen LogP contribution in [0.3, 0.4) is 0 Å². The van der Waals surface area contributed by atoms with Crippen LogP contribution in [-0.2, 0) is 11.2 Å². The smallest absolute Gasteiger partial charge is 0.276 e. The second-order valence-electron chi connectivity index (χ2n) is 5.98. The van der Waals surface area contributed by atoms with Crippen LogP contribution < -0.4 is 0 Å². The summed E-state index contributed by atoms with van der Waals surface area (Å²) >= 11 is 0. The Morgan fingerprint density at radius 2 is 2.22 bits per heavy atom. The summed E-state index contributed by atoms with van der Waals surface area (Å²) in [6, 6.07) is 8.42. The van der Waals surface area contributed by atoms with Gasteiger partial charge in [0.05, 0.1) is 12.3 Å². The van der Waals surface area contributed by atoms with Gasteiger partial charge in [-0.2, -0.15) is 15.4 Å². The third-order valence-electron chi connectivity index (χ3n) is 4.16. The van der Waals surface area contributed by atoms with Gasteiger partial charge in [0.2, 0.25) is 0 Å². The highest BCUT2D eigenvalue weighted by Gasteiger charge is 2.24. The van der Waals surface area contributed by atoms with Crippen LogP contribution in [0.1, 0.15) is 34.5 Å². The molecular weight excluding hydrogens is 292 g/mol. The maximum absolute atomic E-state index is 12.6. The molecule has 1 amide bonds. The number of carbonyl (C=O) groups is 1. The van der Waals surface area contributed by atoms with E-state index in [1.165, 1.54) is 17.3 Å². The highest BCUT2D eigenvalue weighted by atomic mass is 16.5. The van der Waals surface area contributed by atoms with Gasteiger partial charge in [0.15, 0.2) is 5.69 Å². The number of nitrogens with zero attached hydrogens (tertiary/aromatic N) is 3. The lowest BCUT2D eigenvalue weighted by Gasteiger charge is -2.24. The van der Waals surface area contributed by atoms with Crippen LogP contribution in [0.4, 0.5) is 0 Å². The lowest BCUT2D eigenvalue weighted by Crippen LogP contribution is -2.39. The number of aryl methyl sites for hydroxylation is 1. The maximum Gasteiger partial charge on any atom is 0.276 e. The number of benzene rings is 1. The van der Waals surface area contributed by atoms with Crippen molar-refractivity contribution >= 4 is 5.91 Å². The standard InChI is InChI=1S/C17H22N4O2/c1-13-4-6-14(7-5-13)8-9-21(12-15-3-2-10-23-15)17(22)16-11-18-20-19-16/h4-7,11,15H,2-3,8-10,12H2,1H3,(H,18,19,20). The second-order valence-corrected chi connectivity index (χ2v) is 5.98. The lowest BCUT2D eigenvalue weighted by atomic mass is 10.1. The van der Waals surface area contributed by atoms with E-state index in [2.05, 4.69) is 46.6 Å². The molecule has 0 saturated carbocycles. The number of aromatic nitrogens is 3. The number of aromatic amines is 1. The summed E-state index contributed by atoms with van der Waals surface area (Å²) in [6.07, 6.45) is 4.48. The Morgan fingerprint density at radius 3 is 2.87 bits per heavy atom. The summed E-state index contributed by atoms with van der Waals surface area (Å²) in [5.74, 6) is -0.0960. The van der Waals surface area contributed by atoms with Gasteiger partial charge < -0.3 is 9.64 Å². The van der Waals surface area contributed by atoms with E-state index in [4.69, 9.17) is 4.74 Å². The van der Waals surface area contributed by atoms with Crippen molar-refractivity contribution in [1.29, 1.82) is 0 Å². The molecule has 1 aromatic heterocycles. The van der Waals surface area contributed by atoms with Crippen LogP contribution >= 0.6 is 0 Å². The van der Waals surface area contributed by atoms with Crippen LogP contribution in [-0.4, -0.2) is 52.0 Å². The molecule has 1 unspecified atom stereocenters. The predicted molar refractivity (Wildman–Crippen MR) is 86.1 cm³/mol. The van der Waals surface area contributed by atoms with Crippen molar-refractivity contribution in [3.05, 3.63) is 47.3 Å². The fourth-order valence-corrected chi connectivity index (χ4v) is 2.80. The van der Waals surface area contributed by atoms with Gasteiger partial charge in [0, 0.05) is 19.7 Å². The van der Waals surface area contributed by atoms with Gasteiger partial charge in [0.1, 0.15) is 0 Å². The first-order chi connectivity index (χ1) is 11.2. The van der Waals surface area contributed by atoms with E-state index >= 15 is 0 Å². The molecule has 1 saturated heterocycles. The van der Waals surface area contributed by atoms with Crippen molar-refractivity contribution in [2.24, 2.45) is 0 Å². The molecule has 0 spiro atoms. The van der Waals surface area contributed by atoms with E-state index in [0.29, 0.717) is 18.8 Å². The van der Waals surface area contributed by atoms with Crippen molar-refractivity contribution in [3.8, 4) is 0 Å². The van der Waals surface area contributed by atoms with Gasteiger partial charge in [0.25, 0.3) is 5.91 Å². The summed E-state index contributed by atoms with van der Waals surface area (Å²) in [5, 5.41) is 10.1. The summed E-state index contributed by atoms with van der Waals surface area (Å²) in [5.41, 5.74) is 2.82. The Hall–Kier alpha value is -2.21. The summed E-state index contributed by atoms with van der Waals surface area (Å²) in [6.45, 7) is 4.11. The SMILES string of the molecule is Cc1ccc(CCN(CC2CCCO2)C(=O)c2cn[nH]n2)cc1. The van der Waals surface area contributed by atoms with E-state index in [0.717, 1.165) is 25.9 Å². The molecule has 1 N–H and O–H groups in total. The average Bonchev–Trinajstić information content (AvgIpc) is 3.26. The monoisotopic (exact) mass is 314 g/mol. The molecule has 23 heavy (non-hydrogen) atoms. The average molecular weight is 314 g/mol. The molecule has 6 heteroatoms. The minimum Gasteiger partial charge on any atom is -0.376 e. The molecule has 3 rings (SSSR count). The van der Waals surface area contributed by atoms with Crippen molar-refractivity contribution in [3.63, 3.8) is 0 Å². The molecular formula is C17H22N4O2. The van der Waals surface area contributed by atoms with Crippen molar-refractivity contribution in [2.45, 2.75) is 32.3 Å². The first kappa shape index (κ1) is 15.7. The molecule has 1 atom stereocenters. The van der Waals surface area contributed by atoms with Crippen LogP contribution in [0.2, 0.25) is 0 Å². The fourth-order valence-electron chi connectivity index (χ4n) is 2.80. The Morgan fingerprint density at radius 1 is 1.39 bits per heavy atom. The molecule has 2 aromatic rings. The fraction of sp³-hybridized carbons (Fsp3) is 0.471. The Bertz CT molecular complexity index is 619. The van der Waals surface area contributed by atoms with Gasteiger partial charge in [-0.3, -0.25) is 4.79 Å². The van der Waals surface area contributed by atoms with Crippen LogP contribution in [0, 0.1) is 6.92 Å². The number of amides is 1. The Labute approximate surface area is 135 Å². The molecule has 1 fully saturated rings. The number of hydrogen-bond acceptors (Lipinski definition) is 4. The first-order valence-electron chi connectivity index (χ1n) is 8.04. The van der Waals surface area contributed by atoms with Crippen molar-refractivity contribution in [1.82, 2.24) is 20.3 Å². The summed E-state index contributed by atoms with van der Waals surface area (Å²) in [4.78, 5) is 14.4. The zero-order valence-corrected chi connectivity index (χ0v) is 13.4. The van der Waals surface area contributed by atoms with E-state index in [9.17, 15) is 4.79 Å². The van der Waals surface area contributed by atoms with E-state index in [1.807, 2.05) is 4.90 Å².